The fourth-order valence-electron chi connectivity index (χ4n) is 2.37. The molecule has 0 aromatic heterocycles. The molecule has 1 aliphatic rings. The van der Waals surface area contributed by atoms with E-state index in [-0.39, 0.29) is 12.1 Å². The summed E-state index contributed by atoms with van der Waals surface area (Å²) in [7, 11) is 0. The molecule has 3 nitrogen and oxygen atoms in total. The lowest BCUT2D eigenvalue weighted by atomic mass is 10.00. The molecule has 100 valence electrons. The highest BCUT2D eigenvalue weighted by molar-refractivity contribution is 5.19. The van der Waals surface area contributed by atoms with Gasteiger partial charge in [-0.25, -0.2) is 8.78 Å². The van der Waals surface area contributed by atoms with Gasteiger partial charge in [-0.05, 0) is 43.4 Å². The zero-order valence-electron chi connectivity index (χ0n) is 10.2. The summed E-state index contributed by atoms with van der Waals surface area (Å²) in [5.74, 6) is 4.37. The summed E-state index contributed by atoms with van der Waals surface area (Å²) in [6.07, 6.45) is 3.54. The summed E-state index contributed by atoms with van der Waals surface area (Å²) in [5, 5.41) is 0. The molecular weight excluding hydrogens is 238 g/mol. The van der Waals surface area contributed by atoms with Gasteiger partial charge in [0.05, 0.1) is 6.10 Å². The Labute approximate surface area is 105 Å². The van der Waals surface area contributed by atoms with Crippen LogP contribution in [0.3, 0.4) is 0 Å². The van der Waals surface area contributed by atoms with Crippen molar-refractivity contribution >= 4 is 0 Å². The zero-order chi connectivity index (χ0) is 13.0. The molecule has 0 saturated carbocycles. The van der Waals surface area contributed by atoms with Crippen molar-refractivity contribution in [3.8, 4) is 0 Å². The maximum Gasteiger partial charge on any atom is 0.126 e. The van der Waals surface area contributed by atoms with Crippen molar-refractivity contribution < 1.29 is 13.5 Å². The van der Waals surface area contributed by atoms with E-state index >= 15 is 0 Å². The Kier molecular flexibility index (Phi) is 4.63. The molecule has 2 rings (SSSR count). The van der Waals surface area contributed by atoms with E-state index in [1.807, 2.05) is 0 Å². The molecule has 1 saturated heterocycles. The van der Waals surface area contributed by atoms with E-state index in [0.29, 0.717) is 12.0 Å². The monoisotopic (exact) mass is 256 g/mol. The molecular formula is C13H18F2N2O. The van der Waals surface area contributed by atoms with Crippen LogP contribution in [0.25, 0.3) is 0 Å². The number of benzene rings is 1. The summed E-state index contributed by atoms with van der Waals surface area (Å²) in [6.45, 7) is 0.788. The van der Waals surface area contributed by atoms with E-state index in [4.69, 9.17) is 10.6 Å². The van der Waals surface area contributed by atoms with Crippen LogP contribution in [0.1, 0.15) is 24.8 Å². The van der Waals surface area contributed by atoms with E-state index < -0.39 is 11.6 Å². The highest BCUT2D eigenvalue weighted by Gasteiger charge is 2.20. The van der Waals surface area contributed by atoms with Crippen LogP contribution >= 0.6 is 0 Å². The van der Waals surface area contributed by atoms with Crippen LogP contribution in [-0.4, -0.2) is 18.8 Å². The molecule has 0 amide bonds. The summed E-state index contributed by atoms with van der Waals surface area (Å²) in [5.41, 5.74) is 3.30. The average molecular weight is 256 g/mol. The van der Waals surface area contributed by atoms with Crippen molar-refractivity contribution in [3.05, 3.63) is 35.4 Å². The van der Waals surface area contributed by atoms with Crippen LogP contribution in [0.5, 0.6) is 0 Å². The second-order valence-electron chi connectivity index (χ2n) is 4.72. The number of nitrogens with two attached hydrogens (primary N) is 1. The number of ether oxygens (including phenoxy) is 1. The van der Waals surface area contributed by atoms with Crippen molar-refractivity contribution in [2.75, 3.05) is 6.61 Å². The van der Waals surface area contributed by atoms with Gasteiger partial charge in [0.2, 0.25) is 0 Å². The lowest BCUT2D eigenvalue weighted by molar-refractivity contribution is 0.0946. The molecule has 5 heteroatoms. The van der Waals surface area contributed by atoms with Gasteiger partial charge in [-0.1, -0.05) is 0 Å². The highest BCUT2D eigenvalue weighted by Crippen LogP contribution is 2.19. The van der Waals surface area contributed by atoms with Gasteiger partial charge in [-0.2, -0.15) is 0 Å². The molecule has 0 bridgehead atoms. The third-order valence-corrected chi connectivity index (χ3v) is 3.21. The van der Waals surface area contributed by atoms with Gasteiger partial charge in [0.15, 0.2) is 0 Å². The van der Waals surface area contributed by atoms with Gasteiger partial charge in [-0.3, -0.25) is 11.3 Å². The molecule has 0 spiro atoms. The van der Waals surface area contributed by atoms with Crippen LogP contribution in [0.2, 0.25) is 0 Å². The lowest BCUT2D eigenvalue weighted by Crippen LogP contribution is -2.39. The van der Waals surface area contributed by atoms with E-state index in [2.05, 4.69) is 5.43 Å². The first-order valence-electron chi connectivity index (χ1n) is 6.20. The smallest absolute Gasteiger partial charge is 0.126 e. The highest BCUT2D eigenvalue weighted by atomic mass is 19.1. The summed E-state index contributed by atoms with van der Waals surface area (Å²) in [4.78, 5) is 0. The van der Waals surface area contributed by atoms with Crippen LogP contribution in [0.4, 0.5) is 8.78 Å². The van der Waals surface area contributed by atoms with Crippen molar-refractivity contribution in [1.29, 1.82) is 0 Å². The number of nitrogens with one attached hydrogen (secondary N) is 1. The predicted molar refractivity (Wildman–Crippen MR) is 64.8 cm³/mol. The molecule has 0 aliphatic carbocycles. The van der Waals surface area contributed by atoms with Crippen LogP contribution in [-0.2, 0) is 11.2 Å². The van der Waals surface area contributed by atoms with E-state index in [9.17, 15) is 8.78 Å². The fourth-order valence-corrected chi connectivity index (χ4v) is 2.37. The molecule has 1 aromatic carbocycles. The van der Waals surface area contributed by atoms with Crippen molar-refractivity contribution in [2.24, 2.45) is 5.84 Å². The minimum Gasteiger partial charge on any atom is -0.378 e. The second kappa shape index (κ2) is 6.22. The third kappa shape index (κ3) is 3.73. The first kappa shape index (κ1) is 13.4. The molecule has 1 aliphatic heterocycles. The quantitative estimate of drug-likeness (QED) is 0.625. The van der Waals surface area contributed by atoms with Crippen molar-refractivity contribution in [3.63, 3.8) is 0 Å². The lowest BCUT2D eigenvalue weighted by Gasteiger charge is -2.19. The maximum atomic E-state index is 13.1. The largest absolute Gasteiger partial charge is 0.378 e. The van der Waals surface area contributed by atoms with E-state index in [1.165, 1.54) is 12.1 Å². The van der Waals surface area contributed by atoms with Crippen LogP contribution in [0.15, 0.2) is 18.2 Å². The number of rotatable bonds is 5. The Bertz CT molecular complexity index is 374. The fraction of sp³-hybridized carbons (Fsp3) is 0.538. The molecule has 2 atom stereocenters. The Morgan fingerprint density at radius 1 is 1.33 bits per heavy atom. The Balaban J connectivity index is 1.95. The average Bonchev–Trinajstić information content (AvgIpc) is 2.79. The topological polar surface area (TPSA) is 47.3 Å². The minimum atomic E-state index is -0.558. The third-order valence-electron chi connectivity index (χ3n) is 3.21. The summed E-state index contributed by atoms with van der Waals surface area (Å²) >= 11 is 0. The zero-order valence-corrected chi connectivity index (χ0v) is 10.2. The van der Waals surface area contributed by atoms with E-state index in [1.54, 1.807) is 0 Å². The SMILES string of the molecule is NNC(Cc1cc(F)cc(F)c1)CC1CCCO1. The molecule has 1 heterocycles. The second-order valence-corrected chi connectivity index (χ2v) is 4.72. The Morgan fingerprint density at radius 3 is 2.61 bits per heavy atom. The van der Waals surface area contributed by atoms with Gasteiger partial charge < -0.3 is 4.74 Å². The number of hydrogen-bond donors (Lipinski definition) is 2. The molecule has 18 heavy (non-hydrogen) atoms. The Morgan fingerprint density at radius 2 is 2.06 bits per heavy atom. The minimum absolute atomic E-state index is 0.0331. The maximum absolute atomic E-state index is 13.1. The van der Waals surface area contributed by atoms with Crippen LogP contribution in [0, 0.1) is 11.6 Å². The van der Waals surface area contributed by atoms with E-state index in [0.717, 1.165) is 31.9 Å². The first-order chi connectivity index (χ1) is 8.67. The van der Waals surface area contributed by atoms with Crippen molar-refractivity contribution in [2.45, 2.75) is 37.8 Å². The molecule has 0 radical (unpaired) electrons. The molecule has 3 N–H and O–H groups in total. The normalized spacial score (nSPS) is 21.2. The van der Waals surface area contributed by atoms with Crippen LogP contribution < -0.4 is 11.3 Å². The number of hydrazine groups is 1. The Hall–Kier alpha value is -1.04. The summed E-state index contributed by atoms with van der Waals surface area (Å²) in [6, 6.07) is 3.51. The summed E-state index contributed by atoms with van der Waals surface area (Å²) < 4.78 is 31.7. The van der Waals surface area contributed by atoms with Gasteiger partial charge in [0.1, 0.15) is 11.6 Å². The number of hydrogen-bond acceptors (Lipinski definition) is 3. The van der Waals surface area contributed by atoms with Gasteiger partial charge in [0, 0.05) is 18.7 Å². The predicted octanol–water partition coefficient (Wildman–Crippen LogP) is 1.91. The van der Waals surface area contributed by atoms with Gasteiger partial charge in [0.25, 0.3) is 0 Å². The van der Waals surface area contributed by atoms with Gasteiger partial charge >= 0.3 is 0 Å². The van der Waals surface area contributed by atoms with Gasteiger partial charge in [-0.15, -0.1) is 0 Å². The molecule has 1 aromatic rings. The molecule has 1 fully saturated rings. The first-order valence-corrected chi connectivity index (χ1v) is 6.20. The molecule has 2 unspecified atom stereocenters. The van der Waals surface area contributed by atoms with Crippen molar-refractivity contribution in [1.82, 2.24) is 5.43 Å². The number of halogens is 2. The standard InChI is InChI=1S/C13H18F2N2O/c14-10-4-9(5-11(15)7-10)6-12(17-16)8-13-2-1-3-18-13/h4-5,7,12-13,17H,1-3,6,8,16H2.